The van der Waals surface area contributed by atoms with Gasteiger partial charge in [0.1, 0.15) is 11.5 Å². The maximum absolute atomic E-state index is 12.0. The number of benzene rings is 2. The highest BCUT2D eigenvalue weighted by Gasteiger charge is 2.02. The van der Waals surface area contributed by atoms with Crippen molar-refractivity contribution in [2.75, 3.05) is 14.2 Å². The van der Waals surface area contributed by atoms with Gasteiger partial charge in [-0.1, -0.05) is 0 Å². The molecular weight excluding hydrogens is 242 g/mol. The van der Waals surface area contributed by atoms with Crippen LogP contribution in [0.15, 0.2) is 48.5 Å². The Morgan fingerprint density at radius 3 is 1.79 bits per heavy atom. The highest BCUT2D eigenvalue weighted by atomic mass is 16.5. The molecule has 0 spiro atoms. The zero-order chi connectivity index (χ0) is 13.7. The van der Waals surface area contributed by atoms with Crippen molar-refractivity contribution < 1.29 is 14.2 Å². The van der Waals surface area contributed by atoms with Crippen molar-refractivity contribution in [2.45, 2.75) is 0 Å². The summed E-state index contributed by atoms with van der Waals surface area (Å²) < 4.78 is 10.9. The van der Waals surface area contributed by atoms with E-state index < -0.39 is 0 Å². The normalized spacial score (nSPS) is 11.2. The maximum atomic E-state index is 12.0. The van der Waals surface area contributed by atoms with Crippen LogP contribution in [-0.4, -0.2) is 25.2 Å². The number of methoxy groups -OCH3 is 2. The molecule has 2 aromatic carbocycles. The second kappa shape index (κ2) is 5.91. The zero-order valence-corrected chi connectivity index (χ0v) is 10.9. The number of rotatable bonds is 4. The first kappa shape index (κ1) is 13.0. The quantitative estimate of drug-likeness (QED) is 0.366. The lowest BCUT2D eigenvalue weighted by atomic mass is 10.2. The second-order valence-electron chi connectivity index (χ2n) is 3.93. The van der Waals surface area contributed by atoms with Gasteiger partial charge in [-0.2, -0.15) is 4.74 Å². The third kappa shape index (κ3) is 3.25. The van der Waals surface area contributed by atoms with Crippen LogP contribution in [0.25, 0.3) is 0 Å². The SMILES string of the molecule is COc1ccc(C=[N+]([O-])c2ccc(OC)cc2)cc1. The van der Waals surface area contributed by atoms with Crippen molar-refractivity contribution in [3.63, 3.8) is 0 Å². The fraction of sp³-hybridized carbons (Fsp3) is 0.133. The average molecular weight is 257 g/mol. The van der Waals surface area contributed by atoms with Crippen LogP contribution >= 0.6 is 0 Å². The van der Waals surface area contributed by atoms with Gasteiger partial charge in [-0.3, -0.25) is 0 Å². The molecule has 4 heteroatoms. The molecular formula is C15H15NO3. The first-order valence-corrected chi connectivity index (χ1v) is 5.82. The Labute approximate surface area is 112 Å². The van der Waals surface area contributed by atoms with Crippen LogP contribution in [0.3, 0.4) is 0 Å². The van der Waals surface area contributed by atoms with Gasteiger partial charge in [0, 0.05) is 17.7 Å². The lowest BCUT2D eigenvalue weighted by molar-refractivity contribution is -0.354. The smallest absolute Gasteiger partial charge is 0.216 e. The molecule has 0 aromatic heterocycles. The first-order chi connectivity index (χ1) is 9.22. The summed E-state index contributed by atoms with van der Waals surface area (Å²) in [6.07, 6.45) is 1.52. The Bertz CT molecular complexity index is 559. The Balaban J connectivity index is 2.20. The van der Waals surface area contributed by atoms with E-state index in [1.165, 1.54) is 6.21 Å². The highest BCUT2D eigenvalue weighted by Crippen LogP contribution is 2.17. The summed E-state index contributed by atoms with van der Waals surface area (Å²) in [6, 6.07) is 14.2. The lowest BCUT2D eigenvalue weighted by Crippen LogP contribution is -1.98. The molecule has 0 amide bonds. The molecule has 98 valence electrons. The maximum Gasteiger partial charge on any atom is 0.216 e. The van der Waals surface area contributed by atoms with Crippen molar-refractivity contribution in [3.8, 4) is 11.5 Å². The fourth-order valence-electron chi connectivity index (χ4n) is 1.63. The van der Waals surface area contributed by atoms with Crippen molar-refractivity contribution in [2.24, 2.45) is 0 Å². The van der Waals surface area contributed by atoms with E-state index in [9.17, 15) is 5.21 Å². The predicted octanol–water partition coefficient (Wildman–Crippen LogP) is 2.96. The van der Waals surface area contributed by atoms with Crippen LogP contribution in [0.1, 0.15) is 5.56 Å². The van der Waals surface area contributed by atoms with E-state index in [0.717, 1.165) is 21.8 Å². The zero-order valence-electron chi connectivity index (χ0n) is 10.9. The number of ether oxygens (including phenoxy) is 2. The minimum Gasteiger partial charge on any atom is -0.618 e. The molecule has 0 unspecified atom stereocenters. The monoisotopic (exact) mass is 257 g/mol. The molecule has 0 bridgehead atoms. The van der Waals surface area contributed by atoms with E-state index in [2.05, 4.69) is 0 Å². The lowest BCUT2D eigenvalue weighted by Gasteiger charge is -2.04. The summed E-state index contributed by atoms with van der Waals surface area (Å²) in [4.78, 5) is 0. The minimum absolute atomic E-state index is 0.552. The van der Waals surface area contributed by atoms with Gasteiger partial charge in [-0.25, -0.2) is 0 Å². The van der Waals surface area contributed by atoms with E-state index in [1.54, 1.807) is 38.5 Å². The van der Waals surface area contributed by atoms with Gasteiger partial charge in [0.15, 0.2) is 6.21 Å². The third-order valence-electron chi connectivity index (χ3n) is 2.71. The first-order valence-electron chi connectivity index (χ1n) is 5.82. The summed E-state index contributed by atoms with van der Waals surface area (Å²) in [5.41, 5.74) is 1.36. The molecule has 0 saturated carbocycles. The number of hydrogen-bond donors (Lipinski definition) is 0. The highest BCUT2D eigenvalue weighted by molar-refractivity contribution is 5.76. The molecule has 0 N–H and O–H groups in total. The van der Waals surface area contributed by atoms with Crippen LogP contribution in [0.4, 0.5) is 5.69 Å². The summed E-state index contributed by atoms with van der Waals surface area (Å²) in [7, 11) is 3.20. The standard InChI is InChI=1S/C15H15NO3/c1-18-14-7-3-12(4-8-14)11-16(17)13-5-9-15(19-2)10-6-13/h3-11H,1-2H3. The Kier molecular flexibility index (Phi) is 4.03. The van der Waals surface area contributed by atoms with E-state index in [0.29, 0.717) is 5.69 Å². The predicted molar refractivity (Wildman–Crippen MR) is 74.4 cm³/mol. The molecule has 0 radical (unpaired) electrons. The van der Waals surface area contributed by atoms with Crippen LogP contribution in [-0.2, 0) is 0 Å². The van der Waals surface area contributed by atoms with Crippen LogP contribution in [0, 0.1) is 5.21 Å². The third-order valence-corrected chi connectivity index (χ3v) is 2.71. The van der Waals surface area contributed by atoms with Crippen LogP contribution in [0.5, 0.6) is 11.5 Å². The summed E-state index contributed by atoms with van der Waals surface area (Å²) >= 11 is 0. The topological polar surface area (TPSA) is 44.5 Å². The van der Waals surface area contributed by atoms with E-state index >= 15 is 0 Å². The van der Waals surface area contributed by atoms with Crippen molar-refractivity contribution in [3.05, 3.63) is 59.3 Å². The summed E-state index contributed by atoms with van der Waals surface area (Å²) in [5, 5.41) is 12.0. The molecule has 2 rings (SSSR count). The molecule has 0 saturated heterocycles. The van der Waals surface area contributed by atoms with Crippen LogP contribution in [0.2, 0.25) is 0 Å². The van der Waals surface area contributed by atoms with Gasteiger partial charge < -0.3 is 14.7 Å². The van der Waals surface area contributed by atoms with Crippen molar-refractivity contribution >= 4 is 11.9 Å². The van der Waals surface area contributed by atoms with E-state index in [1.807, 2.05) is 24.3 Å². The minimum atomic E-state index is 0.552. The molecule has 0 aliphatic heterocycles. The molecule has 0 heterocycles. The van der Waals surface area contributed by atoms with Crippen molar-refractivity contribution in [1.82, 2.24) is 0 Å². The molecule has 0 aliphatic rings. The molecule has 19 heavy (non-hydrogen) atoms. The van der Waals surface area contributed by atoms with Gasteiger partial charge in [-0.05, 0) is 36.4 Å². The Hall–Kier alpha value is -2.49. The number of nitrogens with zero attached hydrogens (tertiary/aromatic N) is 1. The second-order valence-corrected chi connectivity index (χ2v) is 3.93. The van der Waals surface area contributed by atoms with E-state index in [-0.39, 0.29) is 0 Å². The van der Waals surface area contributed by atoms with Crippen molar-refractivity contribution in [1.29, 1.82) is 0 Å². The fourth-order valence-corrected chi connectivity index (χ4v) is 1.63. The number of hydrogen-bond acceptors (Lipinski definition) is 3. The summed E-state index contributed by atoms with van der Waals surface area (Å²) in [5.74, 6) is 1.49. The van der Waals surface area contributed by atoms with Gasteiger partial charge >= 0.3 is 0 Å². The molecule has 0 aliphatic carbocycles. The van der Waals surface area contributed by atoms with Crippen LogP contribution < -0.4 is 9.47 Å². The van der Waals surface area contributed by atoms with Gasteiger partial charge in [0.25, 0.3) is 0 Å². The van der Waals surface area contributed by atoms with Gasteiger partial charge in [-0.15, -0.1) is 0 Å². The van der Waals surface area contributed by atoms with Gasteiger partial charge in [0.05, 0.1) is 14.2 Å². The average Bonchev–Trinajstić information content (AvgIpc) is 2.48. The largest absolute Gasteiger partial charge is 0.618 e. The molecule has 0 fully saturated rings. The molecule has 4 nitrogen and oxygen atoms in total. The van der Waals surface area contributed by atoms with Gasteiger partial charge in [0.2, 0.25) is 5.69 Å². The molecule has 2 aromatic rings. The Morgan fingerprint density at radius 2 is 1.32 bits per heavy atom. The summed E-state index contributed by atoms with van der Waals surface area (Å²) in [6.45, 7) is 0. The Morgan fingerprint density at radius 1 is 0.842 bits per heavy atom. The molecule has 0 atom stereocenters. The van der Waals surface area contributed by atoms with E-state index in [4.69, 9.17) is 9.47 Å².